The third-order valence-corrected chi connectivity index (χ3v) is 6.41. The van der Waals surface area contributed by atoms with Gasteiger partial charge in [-0.25, -0.2) is 4.79 Å². The number of carbonyl (C=O) groups is 3. The van der Waals surface area contributed by atoms with Gasteiger partial charge in [-0.05, 0) is 66.9 Å². The van der Waals surface area contributed by atoms with Gasteiger partial charge in [0.15, 0.2) is 5.76 Å². The number of nitrogens with zero attached hydrogens (tertiary/aromatic N) is 1. The molecule has 1 fully saturated rings. The van der Waals surface area contributed by atoms with Gasteiger partial charge in [0.2, 0.25) is 5.91 Å². The Bertz CT molecular complexity index is 1170. The molecule has 4 rings (SSSR count). The van der Waals surface area contributed by atoms with Gasteiger partial charge in [-0.2, -0.15) is 0 Å². The van der Waals surface area contributed by atoms with E-state index < -0.39 is 17.9 Å². The van der Waals surface area contributed by atoms with Crippen LogP contribution in [-0.2, 0) is 9.53 Å². The van der Waals surface area contributed by atoms with Gasteiger partial charge < -0.3 is 19.2 Å². The number of rotatable bonds is 8. The molecule has 1 N–H and O–H groups in total. The highest BCUT2D eigenvalue weighted by molar-refractivity contribution is 6.09. The van der Waals surface area contributed by atoms with Crippen molar-refractivity contribution in [1.82, 2.24) is 5.32 Å². The van der Waals surface area contributed by atoms with Gasteiger partial charge in [-0.15, -0.1) is 0 Å². The smallest absolute Gasteiger partial charge is 0.337 e. The molecule has 0 unspecified atom stereocenters. The average molecular weight is 491 g/mol. The monoisotopic (exact) mass is 490 g/mol. The van der Waals surface area contributed by atoms with Crippen LogP contribution in [0.25, 0.3) is 0 Å². The zero-order valence-corrected chi connectivity index (χ0v) is 20.4. The molecule has 0 aliphatic heterocycles. The Morgan fingerprint density at radius 1 is 0.944 bits per heavy atom. The lowest BCUT2D eigenvalue weighted by Gasteiger charge is -2.33. The fourth-order valence-corrected chi connectivity index (χ4v) is 4.51. The predicted octanol–water partition coefficient (Wildman–Crippen LogP) is 4.91. The van der Waals surface area contributed by atoms with Crippen molar-refractivity contribution in [2.24, 2.45) is 0 Å². The molecule has 1 aromatic heterocycles. The number of amides is 2. The lowest BCUT2D eigenvalue weighted by atomic mass is 9.94. The van der Waals surface area contributed by atoms with Crippen LogP contribution >= 0.6 is 0 Å². The molecule has 1 saturated carbocycles. The lowest BCUT2D eigenvalue weighted by Crippen LogP contribution is -2.47. The summed E-state index contributed by atoms with van der Waals surface area (Å²) in [7, 11) is 2.87. The van der Waals surface area contributed by atoms with E-state index in [4.69, 9.17) is 13.9 Å². The summed E-state index contributed by atoms with van der Waals surface area (Å²) in [4.78, 5) is 41.0. The summed E-state index contributed by atoms with van der Waals surface area (Å²) in [5.41, 5.74) is 1.38. The molecule has 1 aliphatic carbocycles. The number of anilines is 1. The third kappa shape index (κ3) is 5.59. The van der Waals surface area contributed by atoms with Crippen molar-refractivity contribution in [2.75, 3.05) is 19.1 Å². The number of methoxy groups -OCH3 is 2. The highest BCUT2D eigenvalue weighted by atomic mass is 16.5. The average Bonchev–Trinajstić information content (AvgIpc) is 3.47. The van der Waals surface area contributed by atoms with Crippen molar-refractivity contribution in [1.29, 1.82) is 0 Å². The Kier molecular flexibility index (Phi) is 8.05. The van der Waals surface area contributed by atoms with E-state index in [1.54, 1.807) is 67.8 Å². The highest BCUT2D eigenvalue weighted by Crippen LogP contribution is 2.32. The van der Waals surface area contributed by atoms with Crippen LogP contribution in [0.1, 0.15) is 64.6 Å². The molecule has 0 radical (unpaired) electrons. The molecule has 3 aromatic rings. The molecule has 188 valence electrons. The maximum absolute atomic E-state index is 13.8. The lowest BCUT2D eigenvalue weighted by molar-refractivity contribution is -0.123. The summed E-state index contributed by atoms with van der Waals surface area (Å²) in [6.45, 7) is 0. The van der Waals surface area contributed by atoms with Crippen LogP contribution in [0.15, 0.2) is 71.3 Å². The number of esters is 1. The van der Waals surface area contributed by atoms with E-state index in [0.29, 0.717) is 22.6 Å². The SMILES string of the molecule is COC(=O)c1ccc(N(C(=O)c2ccco2)[C@H](C(=O)NC2CCCCC2)c2ccc(OC)cc2)cc1. The first kappa shape index (κ1) is 25.0. The van der Waals surface area contributed by atoms with E-state index in [0.717, 1.165) is 32.1 Å². The van der Waals surface area contributed by atoms with Crippen molar-refractivity contribution in [3.63, 3.8) is 0 Å². The van der Waals surface area contributed by atoms with Crippen molar-refractivity contribution < 1.29 is 28.3 Å². The first-order chi connectivity index (χ1) is 17.5. The summed E-state index contributed by atoms with van der Waals surface area (Å²) >= 11 is 0. The van der Waals surface area contributed by atoms with E-state index >= 15 is 0 Å². The van der Waals surface area contributed by atoms with Crippen LogP contribution in [-0.4, -0.2) is 38.0 Å². The standard InChI is InChI=1S/C28H30N2O6/c1-34-23-16-12-19(13-17-23)25(26(31)29-21-7-4-3-5-8-21)30(27(32)24-9-6-18-36-24)22-14-10-20(11-15-22)28(33)35-2/h6,9-18,21,25H,3-5,7-8H2,1-2H3,(H,29,31)/t25-/m0/s1. The van der Waals surface area contributed by atoms with E-state index in [9.17, 15) is 14.4 Å². The molecule has 1 aliphatic rings. The number of hydrogen-bond donors (Lipinski definition) is 1. The van der Waals surface area contributed by atoms with Gasteiger partial charge in [0.25, 0.3) is 5.91 Å². The maximum Gasteiger partial charge on any atom is 0.337 e. The van der Waals surface area contributed by atoms with Crippen LogP contribution in [0.4, 0.5) is 5.69 Å². The molecule has 1 atom stereocenters. The van der Waals surface area contributed by atoms with Gasteiger partial charge in [0.05, 0.1) is 26.0 Å². The molecular weight excluding hydrogens is 460 g/mol. The van der Waals surface area contributed by atoms with E-state index in [1.807, 2.05) is 0 Å². The van der Waals surface area contributed by atoms with Gasteiger partial charge in [0, 0.05) is 11.7 Å². The molecule has 0 saturated heterocycles. The Balaban J connectivity index is 1.78. The molecule has 8 heteroatoms. The number of benzene rings is 2. The predicted molar refractivity (Wildman–Crippen MR) is 134 cm³/mol. The van der Waals surface area contributed by atoms with Crippen LogP contribution in [0, 0.1) is 0 Å². The number of nitrogens with one attached hydrogen (secondary N) is 1. The van der Waals surface area contributed by atoms with E-state index in [2.05, 4.69) is 5.32 Å². The summed E-state index contributed by atoms with van der Waals surface area (Å²) in [5.74, 6) is -0.533. The zero-order valence-electron chi connectivity index (χ0n) is 20.4. The minimum Gasteiger partial charge on any atom is -0.497 e. The van der Waals surface area contributed by atoms with Crippen LogP contribution < -0.4 is 15.0 Å². The number of ether oxygens (including phenoxy) is 2. The Morgan fingerprint density at radius 2 is 1.64 bits per heavy atom. The third-order valence-electron chi connectivity index (χ3n) is 6.41. The molecule has 8 nitrogen and oxygen atoms in total. The first-order valence-electron chi connectivity index (χ1n) is 12.0. The molecule has 1 heterocycles. The summed E-state index contributed by atoms with van der Waals surface area (Å²) in [6.07, 6.45) is 6.49. The van der Waals surface area contributed by atoms with Crippen LogP contribution in [0.2, 0.25) is 0 Å². The number of carbonyl (C=O) groups excluding carboxylic acids is 3. The normalized spacial score (nSPS) is 14.5. The van der Waals surface area contributed by atoms with Crippen molar-refractivity contribution in [3.8, 4) is 5.75 Å². The Morgan fingerprint density at radius 3 is 2.22 bits per heavy atom. The van der Waals surface area contributed by atoms with Gasteiger partial charge in [-0.1, -0.05) is 31.4 Å². The fourth-order valence-electron chi connectivity index (χ4n) is 4.51. The minimum absolute atomic E-state index is 0.0502. The van der Waals surface area contributed by atoms with E-state index in [1.165, 1.54) is 18.3 Å². The summed E-state index contributed by atoms with van der Waals surface area (Å²) in [5, 5.41) is 3.17. The second-order valence-corrected chi connectivity index (χ2v) is 8.71. The number of furan rings is 1. The summed E-state index contributed by atoms with van der Waals surface area (Å²) in [6, 6.07) is 15.7. The summed E-state index contributed by atoms with van der Waals surface area (Å²) < 4.78 is 15.5. The molecular formula is C28H30N2O6. The quantitative estimate of drug-likeness (QED) is 0.451. The van der Waals surface area contributed by atoms with Crippen molar-refractivity contribution in [3.05, 3.63) is 83.8 Å². The largest absolute Gasteiger partial charge is 0.497 e. The minimum atomic E-state index is -0.987. The highest BCUT2D eigenvalue weighted by Gasteiger charge is 2.35. The first-order valence-corrected chi connectivity index (χ1v) is 12.0. The van der Waals surface area contributed by atoms with Crippen molar-refractivity contribution >= 4 is 23.5 Å². The topological polar surface area (TPSA) is 98.1 Å². The second-order valence-electron chi connectivity index (χ2n) is 8.71. The Hall–Kier alpha value is -4.07. The van der Waals surface area contributed by atoms with E-state index in [-0.39, 0.29) is 17.7 Å². The van der Waals surface area contributed by atoms with Crippen LogP contribution in [0.3, 0.4) is 0 Å². The van der Waals surface area contributed by atoms with Gasteiger partial charge in [0.1, 0.15) is 11.8 Å². The van der Waals surface area contributed by atoms with Gasteiger partial charge in [-0.3, -0.25) is 14.5 Å². The zero-order chi connectivity index (χ0) is 25.5. The molecule has 2 aromatic carbocycles. The van der Waals surface area contributed by atoms with Crippen LogP contribution in [0.5, 0.6) is 5.75 Å². The Labute approximate surface area is 210 Å². The molecule has 36 heavy (non-hydrogen) atoms. The fraction of sp³-hybridized carbons (Fsp3) is 0.321. The second kappa shape index (κ2) is 11.6. The number of hydrogen-bond acceptors (Lipinski definition) is 6. The molecule has 0 bridgehead atoms. The van der Waals surface area contributed by atoms with Crippen molar-refractivity contribution in [2.45, 2.75) is 44.2 Å². The molecule has 0 spiro atoms. The maximum atomic E-state index is 13.8. The van der Waals surface area contributed by atoms with Gasteiger partial charge >= 0.3 is 5.97 Å². The molecule has 2 amide bonds.